The first-order valence-corrected chi connectivity index (χ1v) is 12.0. The Morgan fingerprint density at radius 2 is 1.74 bits per heavy atom. The fourth-order valence-corrected chi connectivity index (χ4v) is 6.45. The average Bonchev–Trinajstić information content (AvgIpc) is 3.42. The van der Waals surface area contributed by atoms with Crippen LogP contribution >= 0.6 is 11.8 Å². The number of sulfonamides is 1. The van der Waals surface area contributed by atoms with Crippen LogP contribution in [0.3, 0.4) is 0 Å². The summed E-state index contributed by atoms with van der Waals surface area (Å²) in [7, 11) is -3.48. The zero-order chi connectivity index (χ0) is 21.6. The normalized spacial score (nSPS) is 25.3. The Hall–Kier alpha value is -2.76. The Labute approximate surface area is 183 Å². The predicted octanol–water partition coefficient (Wildman–Crippen LogP) is 1.56. The van der Waals surface area contributed by atoms with Gasteiger partial charge in [-0.1, -0.05) is 18.2 Å². The number of carbonyl (C=O) groups excluding carboxylic acids is 2. The number of fused-ring (bicyclic) bond motifs is 1. The molecule has 3 aliphatic heterocycles. The molecule has 3 fully saturated rings. The molecule has 11 heteroatoms. The van der Waals surface area contributed by atoms with Crippen molar-refractivity contribution >= 4 is 44.8 Å². The maximum atomic E-state index is 12.9. The second-order valence-corrected chi connectivity index (χ2v) is 10.6. The fraction of sp³-hybridized carbons (Fsp3) is 0.300. The molecular weight excluding hydrogens is 438 g/mol. The van der Waals surface area contributed by atoms with Gasteiger partial charge in [0, 0.05) is 38.5 Å². The summed E-state index contributed by atoms with van der Waals surface area (Å²) < 4.78 is 27.4. The van der Waals surface area contributed by atoms with Crippen LogP contribution < -0.4 is 10.2 Å². The number of hydrogen-bond donors (Lipinski definition) is 1. The molecule has 0 bridgehead atoms. The molecular formula is C20H19N5O4S2. The Kier molecular flexibility index (Phi) is 5.03. The van der Waals surface area contributed by atoms with Gasteiger partial charge in [-0.3, -0.25) is 14.9 Å². The Bertz CT molecular complexity index is 1170. The highest BCUT2D eigenvalue weighted by Crippen LogP contribution is 2.36. The van der Waals surface area contributed by atoms with E-state index in [9.17, 15) is 18.0 Å². The van der Waals surface area contributed by atoms with Gasteiger partial charge in [0.05, 0.1) is 9.80 Å². The minimum atomic E-state index is -3.48. The van der Waals surface area contributed by atoms with E-state index in [2.05, 4.69) is 20.2 Å². The number of rotatable bonds is 4. The van der Waals surface area contributed by atoms with Gasteiger partial charge in [0.25, 0.3) is 11.1 Å². The number of aromatic nitrogens is 2. The van der Waals surface area contributed by atoms with Crippen LogP contribution in [-0.4, -0.2) is 60.0 Å². The molecule has 2 aromatic rings. The molecule has 2 atom stereocenters. The first kappa shape index (κ1) is 20.2. The van der Waals surface area contributed by atoms with E-state index in [1.165, 1.54) is 6.08 Å². The predicted molar refractivity (Wildman–Crippen MR) is 116 cm³/mol. The molecule has 1 N–H and O–H groups in total. The molecule has 160 valence electrons. The molecule has 1 aromatic carbocycles. The van der Waals surface area contributed by atoms with Crippen molar-refractivity contribution in [3.8, 4) is 0 Å². The van der Waals surface area contributed by atoms with Gasteiger partial charge < -0.3 is 4.90 Å². The smallest absolute Gasteiger partial charge is 0.290 e. The number of nitrogens with one attached hydrogen (secondary N) is 1. The Morgan fingerprint density at radius 3 is 2.39 bits per heavy atom. The van der Waals surface area contributed by atoms with Crippen molar-refractivity contribution in [3.05, 3.63) is 53.3 Å². The number of anilines is 1. The van der Waals surface area contributed by atoms with Gasteiger partial charge >= 0.3 is 0 Å². The lowest BCUT2D eigenvalue weighted by molar-refractivity contribution is -0.115. The van der Waals surface area contributed by atoms with Crippen molar-refractivity contribution in [1.82, 2.24) is 19.6 Å². The summed E-state index contributed by atoms with van der Waals surface area (Å²) in [5.41, 5.74) is 0. The van der Waals surface area contributed by atoms with Gasteiger partial charge in [-0.15, -0.1) is 0 Å². The van der Waals surface area contributed by atoms with Crippen molar-refractivity contribution in [3.63, 3.8) is 0 Å². The number of amides is 2. The summed E-state index contributed by atoms with van der Waals surface area (Å²) in [4.78, 5) is 34.5. The van der Waals surface area contributed by atoms with E-state index in [-0.39, 0.29) is 16.7 Å². The third kappa shape index (κ3) is 3.84. The lowest BCUT2D eigenvalue weighted by Crippen LogP contribution is -2.33. The molecule has 5 rings (SSSR count). The number of imide groups is 1. The zero-order valence-corrected chi connectivity index (χ0v) is 18.0. The maximum absolute atomic E-state index is 12.9. The van der Waals surface area contributed by atoms with Crippen LogP contribution in [0.4, 0.5) is 10.6 Å². The minimum absolute atomic E-state index is 0.226. The SMILES string of the molecule is O=C1NC(=O)/C(=C/c2nccc(N3CC4CN(S(=O)(=O)c5ccccc5)CC4C3)n2)S1. The van der Waals surface area contributed by atoms with Gasteiger partial charge in [0.2, 0.25) is 10.0 Å². The number of hydrogen-bond acceptors (Lipinski definition) is 8. The number of benzene rings is 1. The molecule has 1 aromatic heterocycles. The first-order valence-electron chi connectivity index (χ1n) is 9.78. The Balaban J connectivity index is 1.29. The van der Waals surface area contributed by atoms with E-state index < -0.39 is 21.2 Å². The van der Waals surface area contributed by atoms with Crippen molar-refractivity contribution < 1.29 is 18.0 Å². The minimum Gasteiger partial charge on any atom is -0.356 e. The van der Waals surface area contributed by atoms with Crippen LogP contribution in [0.15, 0.2) is 52.4 Å². The summed E-state index contributed by atoms with van der Waals surface area (Å²) in [5.74, 6) is 1.09. The van der Waals surface area contributed by atoms with Gasteiger partial charge in [-0.05, 0) is 41.8 Å². The monoisotopic (exact) mass is 457 g/mol. The summed E-state index contributed by atoms with van der Waals surface area (Å²) in [6.45, 7) is 2.37. The standard InChI is InChI=1S/C20H19N5O4S2/c26-19-16(30-20(27)23-19)8-17-21-7-6-18(22-17)24-9-13-11-25(12-14(13)10-24)31(28,29)15-4-2-1-3-5-15/h1-8,13-14H,9-12H2,(H,23,26,27)/b16-8-. The third-order valence-corrected chi connectivity index (χ3v) is 8.38. The molecule has 9 nitrogen and oxygen atoms in total. The highest BCUT2D eigenvalue weighted by atomic mass is 32.2. The van der Waals surface area contributed by atoms with Crippen molar-refractivity contribution in [1.29, 1.82) is 0 Å². The van der Waals surface area contributed by atoms with Crippen LogP contribution in [0.25, 0.3) is 6.08 Å². The van der Waals surface area contributed by atoms with Gasteiger partial charge in [-0.25, -0.2) is 18.4 Å². The molecule has 3 saturated heterocycles. The van der Waals surface area contributed by atoms with E-state index in [1.54, 1.807) is 46.9 Å². The first-order chi connectivity index (χ1) is 14.9. The molecule has 4 heterocycles. The van der Waals surface area contributed by atoms with Gasteiger partial charge in [0.1, 0.15) is 5.82 Å². The Morgan fingerprint density at radius 1 is 1.03 bits per heavy atom. The largest absolute Gasteiger partial charge is 0.356 e. The lowest BCUT2D eigenvalue weighted by atomic mass is 10.0. The number of carbonyl (C=O) groups is 2. The molecule has 0 radical (unpaired) electrons. The van der Waals surface area contributed by atoms with Crippen LogP contribution in [0.5, 0.6) is 0 Å². The number of thioether (sulfide) groups is 1. The van der Waals surface area contributed by atoms with Crippen molar-refractivity contribution in [2.45, 2.75) is 4.90 Å². The summed E-state index contributed by atoms with van der Waals surface area (Å²) in [5, 5.41) is 1.80. The third-order valence-electron chi connectivity index (χ3n) is 5.72. The highest BCUT2D eigenvalue weighted by Gasteiger charge is 2.44. The summed E-state index contributed by atoms with van der Waals surface area (Å²) in [6.07, 6.45) is 3.12. The lowest BCUT2D eigenvalue weighted by Gasteiger charge is -2.22. The molecule has 2 unspecified atom stereocenters. The zero-order valence-electron chi connectivity index (χ0n) is 16.3. The van der Waals surface area contributed by atoms with Crippen LogP contribution in [-0.2, 0) is 14.8 Å². The molecule has 3 aliphatic rings. The molecule has 0 spiro atoms. The summed E-state index contributed by atoms with van der Waals surface area (Å²) in [6, 6.07) is 10.3. The van der Waals surface area contributed by atoms with Gasteiger partial charge in [0.15, 0.2) is 5.82 Å². The molecule has 2 amide bonds. The second-order valence-electron chi connectivity index (χ2n) is 7.69. The summed E-state index contributed by atoms with van der Waals surface area (Å²) >= 11 is 0.826. The molecule has 0 aliphatic carbocycles. The highest BCUT2D eigenvalue weighted by molar-refractivity contribution is 8.18. The van der Waals surface area contributed by atoms with Crippen molar-refractivity contribution in [2.75, 3.05) is 31.1 Å². The van der Waals surface area contributed by atoms with E-state index in [4.69, 9.17) is 0 Å². The quantitative estimate of drug-likeness (QED) is 0.689. The topological polar surface area (TPSA) is 113 Å². The van der Waals surface area contributed by atoms with Crippen LogP contribution in [0, 0.1) is 11.8 Å². The van der Waals surface area contributed by atoms with Crippen LogP contribution in [0.1, 0.15) is 5.82 Å². The van der Waals surface area contributed by atoms with E-state index in [0.29, 0.717) is 36.9 Å². The molecule has 31 heavy (non-hydrogen) atoms. The second kappa shape index (κ2) is 7.74. The average molecular weight is 458 g/mol. The van der Waals surface area contributed by atoms with E-state index in [1.807, 2.05) is 0 Å². The van der Waals surface area contributed by atoms with E-state index in [0.717, 1.165) is 17.6 Å². The number of nitrogens with zero attached hydrogens (tertiary/aromatic N) is 4. The maximum Gasteiger partial charge on any atom is 0.290 e. The van der Waals surface area contributed by atoms with Crippen molar-refractivity contribution in [2.24, 2.45) is 11.8 Å². The molecule has 0 saturated carbocycles. The fourth-order valence-electron chi connectivity index (χ4n) is 4.22. The van der Waals surface area contributed by atoms with Crippen LogP contribution in [0.2, 0.25) is 0 Å². The van der Waals surface area contributed by atoms with Gasteiger partial charge in [-0.2, -0.15) is 4.31 Å². The van der Waals surface area contributed by atoms with E-state index >= 15 is 0 Å².